The van der Waals surface area contributed by atoms with Gasteiger partial charge in [-0.25, -0.2) is 0 Å². The van der Waals surface area contributed by atoms with Crippen molar-refractivity contribution in [2.75, 3.05) is 26.2 Å². The SMILES string of the molecule is NC(C(=O)NCCCCN1C(=O)C=CC1=O)C(N)C(=O)NCCCCN1C(=O)C=CC1=O. The lowest BCUT2D eigenvalue weighted by Gasteiger charge is -2.19. The van der Waals surface area contributed by atoms with Crippen LogP contribution in [0.2, 0.25) is 0 Å². The summed E-state index contributed by atoms with van der Waals surface area (Å²) in [6.07, 6.45) is 6.87. The number of rotatable bonds is 13. The maximum absolute atomic E-state index is 12.1. The van der Waals surface area contributed by atoms with Gasteiger partial charge in [0.1, 0.15) is 12.1 Å². The third kappa shape index (κ3) is 6.82. The van der Waals surface area contributed by atoms with E-state index >= 15 is 0 Å². The van der Waals surface area contributed by atoms with E-state index in [0.717, 1.165) is 9.80 Å². The largest absolute Gasteiger partial charge is 0.355 e. The Bertz CT molecular complexity index is 734. The molecule has 2 heterocycles. The monoisotopic (exact) mass is 448 g/mol. The van der Waals surface area contributed by atoms with Crippen LogP contribution in [0.3, 0.4) is 0 Å². The van der Waals surface area contributed by atoms with Gasteiger partial charge in [-0.05, 0) is 25.7 Å². The molecule has 12 heteroatoms. The van der Waals surface area contributed by atoms with E-state index in [9.17, 15) is 28.8 Å². The van der Waals surface area contributed by atoms with Crippen LogP contribution in [0.5, 0.6) is 0 Å². The lowest BCUT2D eigenvalue weighted by atomic mass is 10.1. The fourth-order valence-corrected chi connectivity index (χ4v) is 3.08. The Morgan fingerprint density at radius 2 is 0.969 bits per heavy atom. The molecule has 2 rings (SSSR count). The number of nitrogens with one attached hydrogen (secondary N) is 2. The third-order valence-electron chi connectivity index (χ3n) is 5.01. The molecule has 0 aliphatic carbocycles. The number of hydrogen-bond acceptors (Lipinski definition) is 8. The van der Waals surface area contributed by atoms with Gasteiger partial charge in [-0.1, -0.05) is 0 Å². The Kier molecular flexibility index (Phi) is 9.22. The highest BCUT2D eigenvalue weighted by Gasteiger charge is 2.27. The maximum Gasteiger partial charge on any atom is 0.253 e. The molecular formula is C20H28N6O6. The van der Waals surface area contributed by atoms with Crippen LogP contribution in [-0.2, 0) is 28.8 Å². The molecule has 0 radical (unpaired) electrons. The Balaban J connectivity index is 1.56. The Labute approximate surface area is 185 Å². The summed E-state index contributed by atoms with van der Waals surface area (Å²) < 4.78 is 0. The van der Waals surface area contributed by atoms with E-state index < -0.39 is 23.9 Å². The second-order valence-corrected chi connectivity index (χ2v) is 7.37. The number of nitrogens with two attached hydrogens (primary N) is 2. The Morgan fingerprint density at radius 3 is 1.28 bits per heavy atom. The van der Waals surface area contributed by atoms with Gasteiger partial charge in [0.05, 0.1) is 0 Å². The van der Waals surface area contributed by atoms with Crippen molar-refractivity contribution >= 4 is 35.4 Å². The highest BCUT2D eigenvalue weighted by molar-refractivity contribution is 6.13. The molecule has 0 spiro atoms. The molecule has 12 nitrogen and oxygen atoms in total. The van der Waals surface area contributed by atoms with Gasteiger partial charge < -0.3 is 22.1 Å². The van der Waals surface area contributed by atoms with Crippen LogP contribution in [0, 0.1) is 0 Å². The van der Waals surface area contributed by atoms with E-state index in [4.69, 9.17) is 11.5 Å². The molecule has 2 aliphatic rings. The summed E-state index contributed by atoms with van der Waals surface area (Å²) in [6, 6.07) is -2.49. The molecule has 6 amide bonds. The number of carbonyl (C=O) groups excluding carboxylic acids is 6. The van der Waals surface area contributed by atoms with Crippen LogP contribution in [0.25, 0.3) is 0 Å². The zero-order chi connectivity index (χ0) is 23.7. The minimum Gasteiger partial charge on any atom is -0.355 e. The van der Waals surface area contributed by atoms with Crippen molar-refractivity contribution < 1.29 is 28.8 Å². The molecule has 0 bridgehead atoms. The molecule has 2 unspecified atom stereocenters. The predicted molar refractivity (Wildman–Crippen MR) is 112 cm³/mol. The summed E-state index contributed by atoms with van der Waals surface area (Å²) in [5.41, 5.74) is 11.5. The molecule has 2 aliphatic heterocycles. The maximum atomic E-state index is 12.1. The number of hydrogen-bond donors (Lipinski definition) is 4. The van der Waals surface area contributed by atoms with Crippen LogP contribution >= 0.6 is 0 Å². The van der Waals surface area contributed by atoms with Gasteiger partial charge in [0, 0.05) is 50.5 Å². The molecular weight excluding hydrogens is 420 g/mol. The molecule has 0 saturated carbocycles. The molecule has 0 aromatic carbocycles. The summed E-state index contributed by atoms with van der Waals surface area (Å²) >= 11 is 0. The summed E-state index contributed by atoms with van der Waals surface area (Å²) in [5.74, 6) is -2.58. The average molecular weight is 448 g/mol. The van der Waals surface area contributed by atoms with Crippen LogP contribution in [0.1, 0.15) is 25.7 Å². The quantitative estimate of drug-likeness (QED) is 0.173. The zero-order valence-electron chi connectivity index (χ0n) is 17.6. The van der Waals surface area contributed by atoms with Gasteiger partial charge in [-0.3, -0.25) is 38.6 Å². The topological polar surface area (TPSA) is 185 Å². The summed E-state index contributed by atoms with van der Waals surface area (Å²) in [5, 5.41) is 5.16. The van der Waals surface area contributed by atoms with E-state index in [1.165, 1.54) is 24.3 Å². The number of imide groups is 2. The lowest BCUT2D eigenvalue weighted by molar-refractivity contribution is -0.138. The van der Waals surface area contributed by atoms with Crippen LogP contribution in [0.15, 0.2) is 24.3 Å². The minimum atomic E-state index is -1.24. The smallest absolute Gasteiger partial charge is 0.253 e. The normalized spacial score (nSPS) is 17.3. The fourth-order valence-electron chi connectivity index (χ4n) is 3.08. The van der Waals surface area contributed by atoms with Crippen molar-refractivity contribution in [1.29, 1.82) is 0 Å². The standard InChI is InChI=1S/C20H28N6O6/c21-17(19(31)23-9-1-3-11-25-13(27)5-6-14(25)28)18(22)20(32)24-10-2-4-12-26-15(29)7-8-16(26)30/h5-8,17-18H,1-4,9-12,21-22H2,(H,23,31)(H,24,32). The van der Waals surface area contributed by atoms with Gasteiger partial charge in [0.15, 0.2) is 0 Å². The molecule has 174 valence electrons. The van der Waals surface area contributed by atoms with Crippen LogP contribution in [0.4, 0.5) is 0 Å². The minimum absolute atomic E-state index is 0.255. The number of unbranched alkanes of at least 4 members (excludes halogenated alkanes) is 2. The van der Waals surface area contributed by atoms with Crippen LogP contribution in [-0.4, -0.2) is 83.5 Å². The van der Waals surface area contributed by atoms with Gasteiger partial charge in [-0.15, -0.1) is 0 Å². The van der Waals surface area contributed by atoms with Gasteiger partial charge >= 0.3 is 0 Å². The van der Waals surface area contributed by atoms with Gasteiger partial charge in [0.2, 0.25) is 11.8 Å². The van der Waals surface area contributed by atoms with Crippen molar-refractivity contribution in [2.24, 2.45) is 11.5 Å². The first kappa shape index (κ1) is 24.9. The van der Waals surface area contributed by atoms with E-state index in [1.54, 1.807) is 0 Å². The summed E-state index contributed by atoms with van der Waals surface area (Å²) in [4.78, 5) is 72.2. The van der Waals surface area contributed by atoms with Gasteiger partial charge in [0.25, 0.3) is 23.6 Å². The molecule has 0 saturated heterocycles. The molecule has 0 fully saturated rings. The van der Waals surface area contributed by atoms with Gasteiger partial charge in [-0.2, -0.15) is 0 Å². The predicted octanol–water partition coefficient (Wildman–Crippen LogP) is -2.72. The van der Waals surface area contributed by atoms with Crippen molar-refractivity contribution in [3.8, 4) is 0 Å². The second-order valence-electron chi connectivity index (χ2n) is 7.37. The van der Waals surface area contributed by atoms with E-state index in [2.05, 4.69) is 10.6 Å². The van der Waals surface area contributed by atoms with E-state index in [0.29, 0.717) is 25.7 Å². The molecule has 0 aromatic heterocycles. The molecule has 2 atom stereocenters. The Morgan fingerprint density at radius 1 is 0.656 bits per heavy atom. The first-order chi connectivity index (χ1) is 15.2. The highest BCUT2D eigenvalue weighted by Crippen LogP contribution is 2.06. The number of amides is 6. The number of nitrogens with zero attached hydrogens (tertiary/aromatic N) is 2. The molecule has 6 N–H and O–H groups in total. The third-order valence-corrected chi connectivity index (χ3v) is 5.01. The average Bonchev–Trinajstić information content (AvgIpc) is 3.26. The van der Waals surface area contributed by atoms with Crippen molar-refractivity contribution in [2.45, 2.75) is 37.8 Å². The zero-order valence-corrected chi connectivity index (χ0v) is 17.6. The first-order valence-electron chi connectivity index (χ1n) is 10.4. The van der Waals surface area contributed by atoms with E-state index in [1.807, 2.05) is 0 Å². The Hall–Kier alpha value is -3.38. The highest BCUT2D eigenvalue weighted by atomic mass is 16.2. The fraction of sp³-hybridized carbons (Fsp3) is 0.500. The van der Waals surface area contributed by atoms with Crippen molar-refractivity contribution in [3.05, 3.63) is 24.3 Å². The summed E-state index contributed by atoms with van der Waals surface area (Å²) in [7, 11) is 0. The molecule has 0 aromatic rings. The van der Waals surface area contributed by atoms with Crippen molar-refractivity contribution in [1.82, 2.24) is 20.4 Å². The summed E-state index contributed by atoms with van der Waals surface area (Å²) in [6.45, 7) is 1.02. The number of carbonyl (C=O) groups is 6. The van der Waals surface area contributed by atoms with Crippen molar-refractivity contribution in [3.63, 3.8) is 0 Å². The second kappa shape index (κ2) is 11.9. The van der Waals surface area contributed by atoms with Crippen LogP contribution < -0.4 is 22.1 Å². The first-order valence-corrected chi connectivity index (χ1v) is 10.4. The molecule has 32 heavy (non-hydrogen) atoms. The lowest BCUT2D eigenvalue weighted by Crippen LogP contribution is -2.58. The van der Waals surface area contributed by atoms with E-state index in [-0.39, 0.29) is 49.8 Å².